The first-order chi connectivity index (χ1) is 2.00. The molecule has 0 aromatic rings. The van der Waals surface area contributed by atoms with Gasteiger partial charge in [0.2, 0.25) is 0 Å². The van der Waals surface area contributed by atoms with E-state index in [2.05, 4.69) is 20.8 Å². The van der Waals surface area contributed by atoms with Gasteiger partial charge in [0.05, 0.1) is 0 Å². The van der Waals surface area contributed by atoms with Crippen molar-refractivity contribution in [2.75, 3.05) is 0 Å². The quantitative estimate of drug-likeness (QED) is 0.304. The Labute approximate surface area is 83.9 Å². The van der Waals surface area contributed by atoms with Gasteiger partial charge in [-0.2, -0.15) is 5.31 Å². The van der Waals surface area contributed by atoms with Crippen LogP contribution in [0, 0.1) is 0 Å². The maximum absolute atomic E-state index is 2.30. The Morgan fingerprint density at radius 2 is 1.17 bits per heavy atom. The monoisotopic (exact) mass is 110 g/mol. The van der Waals surface area contributed by atoms with E-state index in [-0.39, 0.29) is 51.4 Å². The summed E-state index contributed by atoms with van der Waals surface area (Å²) in [5.41, 5.74) is 0. The summed E-state index contributed by atoms with van der Waals surface area (Å²) < 4.78 is 0. The maximum Gasteiger partial charge on any atom is 1.00 e. The van der Waals surface area contributed by atoms with E-state index in [0.717, 1.165) is 5.31 Å². The first-order valence-electron chi connectivity index (χ1n) is 1.50. The molecule has 0 aromatic carbocycles. The molecule has 0 aromatic heterocycles. The Morgan fingerprint density at radius 1 is 1.17 bits per heavy atom. The zero-order chi connectivity index (χ0) is 4.50. The second kappa shape index (κ2) is 3.67. The molecule has 0 radical (unpaired) electrons. The smallest absolute Gasteiger partial charge is 0.172 e. The van der Waals surface area contributed by atoms with Gasteiger partial charge < -0.3 is 0 Å². The predicted octanol–water partition coefficient (Wildman–Crippen LogP) is -2.43. The van der Waals surface area contributed by atoms with Crippen molar-refractivity contribution in [3.05, 3.63) is 0 Å². The molecule has 0 aliphatic carbocycles. The third kappa shape index (κ3) is 43.5. The molecule has 0 nitrogen and oxygen atoms in total. The Balaban J connectivity index is 0. The van der Waals surface area contributed by atoms with E-state index in [9.17, 15) is 0 Å². The summed E-state index contributed by atoms with van der Waals surface area (Å²) in [5, 5.41) is 0.750. The largest absolute Gasteiger partial charge is 1.00 e. The molecule has 0 spiro atoms. The van der Waals surface area contributed by atoms with Crippen molar-refractivity contribution in [2.24, 2.45) is 0 Å². The summed E-state index contributed by atoms with van der Waals surface area (Å²) in [6.07, 6.45) is 0. The molecule has 6 heavy (non-hydrogen) atoms. The first kappa shape index (κ1) is 10.6. The SMILES string of the molecule is [BH3-]C(C)(C)C.[K+]. The molecule has 0 aliphatic rings. The zero-order valence-corrected chi connectivity index (χ0v) is 7.62. The number of hydrogen-bond acceptors (Lipinski definition) is 0. The van der Waals surface area contributed by atoms with Gasteiger partial charge in [-0.1, -0.05) is 20.8 Å². The Hall–Kier alpha value is 1.70. The van der Waals surface area contributed by atoms with Crippen molar-refractivity contribution in [3.63, 3.8) is 0 Å². The van der Waals surface area contributed by atoms with Crippen LogP contribution in [0.4, 0.5) is 0 Å². The van der Waals surface area contributed by atoms with Gasteiger partial charge >= 0.3 is 51.4 Å². The summed E-state index contributed by atoms with van der Waals surface area (Å²) in [6, 6.07) is 0. The van der Waals surface area contributed by atoms with Crippen LogP contribution in [-0.4, -0.2) is 7.85 Å². The van der Waals surface area contributed by atoms with E-state index < -0.39 is 0 Å². The molecule has 0 atom stereocenters. The molecule has 0 amide bonds. The average Bonchev–Trinajstić information content (AvgIpc) is 0.722. The maximum atomic E-state index is 2.30. The van der Waals surface area contributed by atoms with Crippen LogP contribution in [-0.2, 0) is 0 Å². The van der Waals surface area contributed by atoms with Crippen molar-refractivity contribution >= 4 is 7.85 Å². The summed E-state index contributed by atoms with van der Waals surface area (Å²) in [7, 11) is 0.604. The molecule has 0 heterocycles. The van der Waals surface area contributed by atoms with Crippen LogP contribution in [0.1, 0.15) is 20.8 Å². The van der Waals surface area contributed by atoms with Crippen LogP contribution in [0.15, 0.2) is 0 Å². The van der Waals surface area contributed by atoms with E-state index in [1.807, 2.05) is 0 Å². The van der Waals surface area contributed by atoms with Gasteiger partial charge in [0.1, 0.15) is 0 Å². The van der Waals surface area contributed by atoms with Gasteiger partial charge in [-0.3, -0.25) is 0 Å². The van der Waals surface area contributed by atoms with Gasteiger partial charge in [0.25, 0.3) is 0 Å². The number of hydrogen-bond donors (Lipinski definition) is 0. The van der Waals surface area contributed by atoms with Crippen molar-refractivity contribution < 1.29 is 51.4 Å². The zero-order valence-electron chi connectivity index (χ0n) is 4.50. The van der Waals surface area contributed by atoms with E-state index in [1.54, 1.807) is 0 Å². The van der Waals surface area contributed by atoms with Crippen molar-refractivity contribution in [1.29, 1.82) is 0 Å². The fourth-order valence-electron chi connectivity index (χ4n) is 0. The normalized spacial score (nSPS) is 10.0. The Morgan fingerprint density at radius 3 is 1.17 bits per heavy atom. The molecule has 2 heteroatoms. The summed E-state index contributed by atoms with van der Waals surface area (Å²) in [4.78, 5) is 0. The third-order valence-corrected chi connectivity index (χ3v) is 0. The topological polar surface area (TPSA) is 0 Å². The number of rotatable bonds is 0. The summed E-state index contributed by atoms with van der Waals surface area (Å²) >= 11 is 0. The van der Waals surface area contributed by atoms with Crippen LogP contribution in [0.25, 0.3) is 0 Å². The van der Waals surface area contributed by atoms with Crippen LogP contribution in [0.5, 0.6) is 0 Å². The molecule has 0 bridgehead atoms. The van der Waals surface area contributed by atoms with Crippen LogP contribution >= 0.6 is 0 Å². The van der Waals surface area contributed by atoms with Crippen LogP contribution in [0.2, 0.25) is 5.31 Å². The van der Waals surface area contributed by atoms with Crippen LogP contribution < -0.4 is 51.4 Å². The fraction of sp³-hybridized carbons (Fsp3) is 1.00. The predicted molar refractivity (Wildman–Crippen MR) is 29.7 cm³/mol. The van der Waals surface area contributed by atoms with E-state index in [1.165, 1.54) is 0 Å². The van der Waals surface area contributed by atoms with E-state index in [0.29, 0.717) is 7.85 Å². The third-order valence-electron chi connectivity index (χ3n) is 0. The molecule has 0 fully saturated rings. The molecule has 0 aliphatic heterocycles. The second-order valence-electron chi connectivity index (χ2n) is 1.50. The summed E-state index contributed by atoms with van der Waals surface area (Å²) in [6.45, 7) is 6.90. The van der Waals surface area contributed by atoms with Gasteiger partial charge in [0.15, 0.2) is 0 Å². The van der Waals surface area contributed by atoms with Gasteiger partial charge in [-0.05, 0) is 7.85 Å². The first-order valence-corrected chi connectivity index (χ1v) is 1.50. The van der Waals surface area contributed by atoms with E-state index >= 15 is 0 Å². The minimum atomic E-state index is 0. The molecule has 0 saturated heterocycles. The average molecular weight is 110 g/mol. The second-order valence-corrected chi connectivity index (χ2v) is 1.50. The van der Waals surface area contributed by atoms with E-state index in [4.69, 9.17) is 0 Å². The van der Waals surface area contributed by atoms with Crippen molar-refractivity contribution in [2.45, 2.75) is 26.1 Å². The van der Waals surface area contributed by atoms with Crippen LogP contribution in [0.3, 0.4) is 0 Å². The fourth-order valence-corrected chi connectivity index (χ4v) is 0. The minimum absolute atomic E-state index is 0. The van der Waals surface area contributed by atoms with Gasteiger partial charge in [-0.15, -0.1) is 0 Å². The molecule has 0 unspecified atom stereocenters. The summed E-state index contributed by atoms with van der Waals surface area (Å²) in [5.74, 6) is 0. The molecule has 0 rings (SSSR count). The van der Waals surface area contributed by atoms with Crippen molar-refractivity contribution in [1.82, 2.24) is 0 Å². The standard InChI is InChI=1S/C4H12B.K/c1-4(2,3)5;/h1-3,5H3;/q-1;+1. The molecule has 0 N–H and O–H groups in total. The minimum Gasteiger partial charge on any atom is -0.172 e. The Kier molecular flexibility index (Phi) is 6.51. The molecule has 32 valence electrons. The van der Waals surface area contributed by atoms with Gasteiger partial charge in [0, 0.05) is 0 Å². The molecular formula is C4H12BK. The molecular weight excluding hydrogens is 98.0 g/mol. The van der Waals surface area contributed by atoms with Gasteiger partial charge in [-0.25, -0.2) is 0 Å². The molecule has 0 saturated carbocycles. The van der Waals surface area contributed by atoms with Crippen molar-refractivity contribution in [3.8, 4) is 0 Å². The Bertz CT molecular complexity index is 23.0.